The van der Waals surface area contributed by atoms with E-state index in [0.29, 0.717) is 0 Å². The topological polar surface area (TPSA) is 20.7 Å². The molecule has 0 aliphatic carbocycles. The Hall–Kier alpha value is -4.08. The summed E-state index contributed by atoms with van der Waals surface area (Å²) in [4.78, 5) is 3.64. The fraction of sp³-hybridized carbons (Fsp3) is 0. The molecule has 3 heterocycles. The molecule has 0 aliphatic heterocycles. The Balaban J connectivity index is 1.67. The standard InChI is InChI=1S/C30H18N2S/c1-2-8-18(9-3-1)32-25-14-15-28-30(20-11-5-7-13-27(20)33-28)29(25)22-16-21-19-10-4-6-12-23(19)31-24(21)17-26(22)32/h1-17,31H. The monoisotopic (exact) mass is 438 g/mol. The number of para-hydroxylation sites is 2. The summed E-state index contributed by atoms with van der Waals surface area (Å²) in [5.74, 6) is 0. The second-order valence-corrected chi connectivity index (χ2v) is 9.77. The van der Waals surface area contributed by atoms with Gasteiger partial charge in [-0.1, -0.05) is 54.6 Å². The summed E-state index contributed by atoms with van der Waals surface area (Å²) in [6.07, 6.45) is 0. The molecule has 0 amide bonds. The van der Waals surface area contributed by atoms with Crippen LogP contribution in [0.4, 0.5) is 0 Å². The van der Waals surface area contributed by atoms with Gasteiger partial charge in [0.25, 0.3) is 0 Å². The van der Waals surface area contributed by atoms with Crippen LogP contribution < -0.4 is 0 Å². The van der Waals surface area contributed by atoms with E-state index in [4.69, 9.17) is 0 Å². The lowest BCUT2D eigenvalue weighted by Gasteiger charge is -2.07. The quantitative estimate of drug-likeness (QED) is 0.264. The first kappa shape index (κ1) is 17.5. The first-order valence-corrected chi connectivity index (χ1v) is 12.0. The van der Waals surface area contributed by atoms with Gasteiger partial charge in [0.1, 0.15) is 0 Å². The Morgan fingerprint density at radius 2 is 1.30 bits per heavy atom. The molecule has 8 aromatic rings. The van der Waals surface area contributed by atoms with Gasteiger partial charge < -0.3 is 9.55 Å². The van der Waals surface area contributed by atoms with Crippen LogP contribution in [0.1, 0.15) is 0 Å². The molecule has 33 heavy (non-hydrogen) atoms. The number of aromatic amines is 1. The van der Waals surface area contributed by atoms with Crippen LogP contribution in [0.25, 0.3) is 69.5 Å². The molecule has 0 bridgehead atoms. The maximum absolute atomic E-state index is 3.64. The van der Waals surface area contributed by atoms with Crippen molar-refractivity contribution in [1.82, 2.24) is 9.55 Å². The third-order valence-corrected chi connectivity index (χ3v) is 8.05. The summed E-state index contributed by atoms with van der Waals surface area (Å²) in [6, 6.07) is 37.4. The van der Waals surface area contributed by atoms with Crippen molar-refractivity contribution in [3.05, 3.63) is 103 Å². The molecule has 2 nitrogen and oxygen atoms in total. The van der Waals surface area contributed by atoms with Gasteiger partial charge in [0.15, 0.2) is 0 Å². The number of aromatic nitrogens is 2. The highest BCUT2D eigenvalue weighted by molar-refractivity contribution is 7.26. The number of hydrogen-bond acceptors (Lipinski definition) is 1. The van der Waals surface area contributed by atoms with Gasteiger partial charge in [0.2, 0.25) is 0 Å². The van der Waals surface area contributed by atoms with Gasteiger partial charge in [-0.15, -0.1) is 11.3 Å². The number of thiophene rings is 1. The third kappa shape index (κ3) is 2.27. The summed E-state index contributed by atoms with van der Waals surface area (Å²) in [7, 11) is 0. The molecule has 0 aliphatic rings. The number of H-pyrrole nitrogens is 1. The molecular weight excluding hydrogens is 420 g/mol. The van der Waals surface area contributed by atoms with Crippen LogP contribution in [0.2, 0.25) is 0 Å². The van der Waals surface area contributed by atoms with Crippen molar-refractivity contribution in [2.24, 2.45) is 0 Å². The molecule has 0 spiro atoms. The van der Waals surface area contributed by atoms with E-state index >= 15 is 0 Å². The largest absolute Gasteiger partial charge is 0.354 e. The third-order valence-electron chi connectivity index (χ3n) is 6.91. The summed E-state index contributed by atoms with van der Waals surface area (Å²) in [5.41, 5.74) is 6.03. The summed E-state index contributed by atoms with van der Waals surface area (Å²) in [6.45, 7) is 0. The van der Waals surface area contributed by atoms with Crippen LogP contribution in [0, 0.1) is 0 Å². The molecular formula is C30H18N2S. The van der Waals surface area contributed by atoms with E-state index in [1.54, 1.807) is 0 Å². The van der Waals surface area contributed by atoms with E-state index in [-0.39, 0.29) is 0 Å². The van der Waals surface area contributed by atoms with Crippen molar-refractivity contribution < 1.29 is 0 Å². The van der Waals surface area contributed by atoms with E-state index < -0.39 is 0 Å². The molecule has 0 fully saturated rings. The minimum absolute atomic E-state index is 1.18. The fourth-order valence-electron chi connectivity index (χ4n) is 5.52. The highest BCUT2D eigenvalue weighted by Crippen LogP contribution is 2.44. The van der Waals surface area contributed by atoms with Crippen molar-refractivity contribution in [2.45, 2.75) is 0 Å². The predicted molar refractivity (Wildman–Crippen MR) is 143 cm³/mol. The number of benzene rings is 5. The lowest BCUT2D eigenvalue weighted by atomic mass is 10.0. The number of rotatable bonds is 1. The molecule has 5 aromatic carbocycles. The molecule has 1 N–H and O–H groups in total. The molecule has 8 rings (SSSR count). The van der Waals surface area contributed by atoms with Gasteiger partial charge in [0.05, 0.1) is 11.0 Å². The molecule has 0 radical (unpaired) electrons. The van der Waals surface area contributed by atoms with Gasteiger partial charge in [-0.2, -0.15) is 0 Å². The maximum Gasteiger partial charge on any atom is 0.0562 e. The average Bonchev–Trinajstić information content (AvgIpc) is 3.51. The van der Waals surface area contributed by atoms with E-state index in [1.807, 2.05) is 11.3 Å². The van der Waals surface area contributed by atoms with Crippen molar-refractivity contribution in [3.63, 3.8) is 0 Å². The van der Waals surface area contributed by atoms with Gasteiger partial charge in [-0.3, -0.25) is 0 Å². The van der Waals surface area contributed by atoms with E-state index in [2.05, 4.69) is 113 Å². The Morgan fingerprint density at radius 3 is 2.21 bits per heavy atom. The molecule has 0 unspecified atom stereocenters. The first-order valence-electron chi connectivity index (χ1n) is 11.2. The second-order valence-electron chi connectivity index (χ2n) is 8.69. The van der Waals surface area contributed by atoms with Gasteiger partial charge in [0, 0.05) is 58.4 Å². The van der Waals surface area contributed by atoms with E-state index in [0.717, 1.165) is 0 Å². The molecule has 0 saturated heterocycles. The minimum atomic E-state index is 1.18. The van der Waals surface area contributed by atoms with Crippen molar-refractivity contribution in [2.75, 3.05) is 0 Å². The normalized spacial score (nSPS) is 12.2. The van der Waals surface area contributed by atoms with Crippen LogP contribution in [0.15, 0.2) is 103 Å². The van der Waals surface area contributed by atoms with Gasteiger partial charge >= 0.3 is 0 Å². The number of fused-ring (bicyclic) bond motifs is 10. The number of hydrogen-bond donors (Lipinski definition) is 1. The van der Waals surface area contributed by atoms with Crippen LogP contribution in [0.3, 0.4) is 0 Å². The Kier molecular flexibility index (Phi) is 3.31. The lowest BCUT2D eigenvalue weighted by molar-refractivity contribution is 1.18. The average molecular weight is 439 g/mol. The van der Waals surface area contributed by atoms with Crippen molar-refractivity contribution in [3.8, 4) is 5.69 Å². The second kappa shape index (κ2) is 6.25. The summed E-state index contributed by atoms with van der Waals surface area (Å²) in [5, 5.41) is 7.91. The zero-order valence-electron chi connectivity index (χ0n) is 17.7. The highest BCUT2D eigenvalue weighted by Gasteiger charge is 2.19. The summed E-state index contributed by atoms with van der Waals surface area (Å²) < 4.78 is 5.10. The minimum Gasteiger partial charge on any atom is -0.354 e. The van der Waals surface area contributed by atoms with E-state index in [1.165, 1.54) is 69.5 Å². The van der Waals surface area contributed by atoms with Crippen LogP contribution in [0.5, 0.6) is 0 Å². The highest BCUT2D eigenvalue weighted by atomic mass is 32.1. The van der Waals surface area contributed by atoms with Crippen molar-refractivity contribution in [1.29, 1.82) is 0 Å². The summed E-state index contributed by atoms with van der Waals surface area (Å²) >= 11 is 1.88. The molecule has 154 valence electrons. The lowest BCUT2D eigenvalue weighted by Crippen LogP contribution is -1.92. The Labute approximate surface area is 193 Å². The predicted octanol–water partition coefficient (Wildman–Crippen LogP) is 8.79. The number of nitrogens with zero attached hydrogens (tertiary/aromatic N) is 1. The van der Waals surface area contributed by atoms with Crippen LogP contribution in [-0.4, -0.2) is 9.55 Å². The molecule has 3 heteroatoms. The zero-order chi connectivity index (χ0) is 21.5. The smallest absolute Gasteiger partial charge is 0.0562 e. The molecule has 0 saturated carbocycles. The van der Waals surface area contributed by atoms with E-state index in [9.17, 15) is 0 Å². The first-order chi connectivity index (χ1) is 16.4. The SMILES string of the molecule is c1ccc(-n2c3cc4[nH]c5ccccc5c4cc3c3c4c(ccc32)sc2ccccc24)cc1. The van der Waals surface area contributed by atoms with Gasteiger partial charge in [-0.05, 0) is 48.5 Å². The van der Waals surface area contributed by atoms with Crippen molar-refractivity contribution >= 4 is 75.1 Å². The van der Waals surface area contributed by atoms with Crippen LogP contribution in [-0.2, 0) is 0 Å². The Morgan fingerprint density at radius 1 is 0.515 bits per heavy atom. The maximum atomic E-state index is 3.64. The molecule has 0 atom stereocenters. The fourth-order valence-corrected chi connectivity index (χ4v) is 6.64. The van der Waals surface area contributed by atoms with Crippen LogP contribution >= 0.6 is 11.3 Å². The van der Waals surface area contributed by atoms with Gasteiger partial charge in [-0.25, -0.2) is 0 Å². The molecule has 3 aromatic heterocycles. The Bertz CT molecular complexity index is 2020. The number of nitrogens with one attached hydrogen (secondary N) is 1. The zero-order valence-corrected chi connectivity index (χ0v) is 18.5.